The molecule has 60 valence electrons. The zero-order valence-electron chi connectivity index (χ0n) is 6.60. The molecule has 0 aromatic heterocycles. The highest BCUT2D eigenvalue weighted by molar-refractivity contribution is 4.91. The summed E-state index contributed by atoms with van der Waals surface area (Å²) in [5.74, 6) is 0. The van der Waals surface area contributed by atoms with Crippen molar-refractivity contribution in [1.29, 1.82) is 0 Å². The van der Waals surface area contributed by atoms with Crippen LogP contribution in [-0.2, 0) is 4.74 Å². The lowest BCUT2D eigenvalue weighted by molar-refractivity contribution is 0.108. The Bertz CT molecular complexity index is 97.4. The molecular formula is C8H16O2. The third-order valence-corrected chi connectivity index (χ3v) is 2.27. The fourth-order valence-electron chi connectivity index (χ4n) is 1.10. The number of ether oxygens (including phenoxy) is 1. The number of rotatable bonds is 5. The molecule has 0 spiro atoms. The second-order valence-corrected chi connectivity index (χ2v) is 3.11. The second-order valence-electron chi connectivity index (χ2n) is 3.11. The van der Waals surface area contributed by atoms with Crippen LogP contribution in [0.25, 0.3) is 0 Å². The van der Waals surface area contributed by atoms with Crippen LogP contribution in [0, 0.1) is 5.41 Å². The van der Waals surface area contributed by atoms with Gasteiger partial charge in [-0.25, -0.2) is 0 Å². The van der Waals surface area contributed by atoms with E-state index in [0.717, 1.165) is 19.6 Å². The van der Waals surface area contributed by atoms with Gasteiger partial charge in [0.1, 0.15) is 0 Å². The summed E-state index contributed by atoms with van der Waals surface area (Å²) in [5.41, 5.74) is 0.273. The third-order valence-electron chi connectivity index (χ3n) is 2.27. The van der Waals surface area contributed by atoms with Crippen LogP contribution < -0.4 is 0 Å². The predicted molar refractivity (Wildman–Crippen MR) is 39.9 cm³/mol. The summed E-state index contributed by atoms with van der Waals surface area (Å²) in [6.45, 7) is 3.96. The first-order chi connectivity index (χ1) is 4.83. The van der Waals surface area contributed by atoms with Crippen LogP contribution in [-0.4, -0.2) is 24.9 Å². The summed E-state index contributed by atoms with van der Waals surface area (Å²) in [6.07, 6.45) is 3.42. The van der Waals surface area contributed by atoms with Gasteiger partial charge in [-0.3, -0.25) is 0 Å². The Morgan fingerprint density at radius 2 is 2.20 bits per heavy atom. The molecule has 0 amide bonds. The summed E-state index contributed by atoms with van der Waals surface area (Å²) < 4.78 is 5.20. The molecule has 0 aromatic rings. The lowest BCUT2D eigenvalue weighted by Crippen LogP contribution is -2.09. The van der Waals surface area contributed by atoms with E-state index in [1.54, 1.807) is 0 Å². The molecule has 0 bridgehead atoms. The van der Waals surface area contributed by atoms with Crippen LogP contribution in [0.4, 0.5) is 0 Å². The zero-order chi connectivity index (χ0) is 7.45. The molecular weight excluding hydrogens is 128 g/mol. The minimum absolute atomic E-state index is 0.273. The lowest BCUT2D eigenvalue weighted by Gasteiger charge is -2.09. The van der Waals surface area contributed by atoms with E-state index in [1.165, 1.54) is 12.8 Å². The van der Waals surface area contributed by atoms with Gasteiger partial charge in [0, 0.05) is 19.8 Å². The van der Waals surface area contributed by atoms with Gasteiger partial charge in [0.15, 0.2) is 0 Å². The quantitative estimate of drug-likeness (QED) is 0.587. The second kappa shape index (κ2) is 3.35. The van der Waals surface area contributed by atoms with Gasteiger partial charge in [-0.2, -0.15) is 0 Å². The monoisotopic (exact) mass is 144 g/mol. The van der Waals surface area contributed by atoms with E-state index < -0.39 is 0 Å². The fourth-order valence-corrected chi connectivity index (χ4v) is 1.10. The highest BCUT2D eigenvalue weighted by atomic mass is 16.5. The predicted octanol–water partition coefficient (Wildman–Crippen LogP) is 1.19. The van der Waals surface area contributed by atoms with Crippen molar-refractivity contribution < 1.29 is 9.84 Å². The molecule has 0 saturated heterocycles. The molecule has 1 aliphatic carbocycles. The Balaban J connectivity index is 2.01. The molecule has 0 radical (unpaired) electrons. The van der Waals surface area contributed by atoms with E-state index in [9.17, 15) is 0 Å². The summed E-state index contributed by atoms with van der Waals surface area (Å²) in [7, 11) is 0. The minimum Gasteiger partial charge on any atom is -0.396 e. The average molecular weight is 144 g/mol. The molecule has 0 aromatic carbocycles. The molecule has 0 aliphatic heterocycles. The van der Waals surface area contributed by atoms with Crippen molar-refractivity contribution >= 4 is 0 Å². The van der Waals surface area contributed by atoms with Crippen LogP contribution in [0.2, 0.25) is 0 Å². The molecule has 1 rings (SSSR count). The summed E-state index contributed by atoms with van der Waals surface area (Å²) in [5, 5.41) is 8.90. The largest absolute Gasteiger partial charge is 0.396 e. The molecule has 2 heteroatoms. The molecule has 1 N–H and O–H groups in total. The van der Waals surface area contributed by atoms with Gasteiger partial charge in [-0.1, -0.05) is 0 Å². The van der Waals surface area contributed by atoms with Crippen LogP contribution in [0.3, 0.4) is 0 Å². The van der Waals surface area contributed by atoms with Crippen molar-refractivity contribution in [3.63, 3.8) is 0 Å². The Morgan fingerprint density at radius 3 is 2.60 bits per heavy atom. The summed E-state index contributed by atoms with van der Waals surface area (Å²) in [4.78, 5) is 0. The molecule has 0 heterocycles. The first-order valence-corrected chi connectivity index (χ1v) is 4.01. The Labute approximate surface area is 62.2 Å². The number of aliphatic hydroxyl groups excluding tert-OH is 1. The van der Waals surface area contributed by atoms with Gasteiger partial charge in [0.2, 0.25) is 0 Å². The van der Waals surface area contributed by atoms with E-state index in [4.69, 9.17) is 9.84 Å². The van der Waals surface area contributed by atoms with E-state index in [2.05, 4.69) is 0 Å². The number of hydrogen-bond acceptors (Lipinski definition) is 2. The number of aliphatic hydroxyl groups is 1. The Hall–Kier alpha value is -0.0800. The Kier molecular flexibility index (Phi) is 2.69. The van der Waals surface area contributed by atoms with Crippen molar-refractivity contribution in [1.82, 2.24) is 0 Å². The van der Waals surface area contributed by atoms with Crippen LogP contribution in [0.5, 0.6) is 0 Å². The van der Waals surface area contributed by atoms with E-state index in [-0.39, 0.29) is 5.41 Å². The van der Waals surface area contributed by atoms with Gasteiger partial charge < -0.3 is 9.84 Å². The standard InChI is InChI=1S/C8H16O2/c1-2-10-6-5-8(7-9)3-4-8/h9H,2-7H2,1H3. The molecule has 0 atom stereocenters. The first kappa shape index (κ1) is 8.02. The van der Waals surface area contributed by atoms with Gasteiger partial charge >= 0.3 is 0 Å². The average Bonchev–Trinajstić information content (AvgIpc) is 2.70. The van der Waals surface area contributed by atoms with E-state index in [0.29, 0.717) is 6.61 Å². The maximum Gasteiger partial charge on any atom is 0.0488 e. The molecule has 1 fully saturated rings. The summed E-state index contributed by atoms with van der Waals surface area (Å²) >= 11 is 0. The van der Waals surface area contributed by atoms with Crippen molar-refractivity contribution in [3.8, 4) is 0 Å². The molecule has 0 unspecified atom stereocenters. The fraction of sp³-hybridized carbons (Fsp3) is 1.00. The van der Waals surface area contributed by atoms with Crippen LogP contribution >= 0.6 is 0 Å². The normalized spacial score (nSPS) is 21.0. The smallest absolute Gasteiger partial charge is 0.0488 e. The highest BCUT2D eigenvalue weighted by Crippen LogP contribution is 2.47. The minimum atomic E-state index is 0.273. The molecule has 10 heavy (non-hydrogen) atoms. The van der Waals surface area contributed by atoms with Gasteiger partial charge in [0.05, 0.1) is 0 Å². The lowest BCUT2D eigenvalue weighted by atomic mass is 10.1. The third kappa shape index (κ3) is 1.96. The van der Waals surface area contributed by atoms with Crippen molar-refractivity contribution in [2.45, 2.75) is 26.2 Å². The SMILES string of the molecule is CCOCCC1(CO)CC1. The van der Waals surface area contributed by atoms with Crippen molar-refractivity contribution in [2.75, 3.05) is 19.8 Å². The van der Waals surface area contributed by atoms with E-state index >= 15 is 0 Å². The number of hydrogen-bond donors (Lipinski definition) is 1. The summed E-state index contributed by atoms with van der Waals surface area (Å²) in [6, 6.07) is 0. The van der Waals surface area contributed by atoms with Crippen LogP contribution in [0.1, 0.15) is 26.2 Å². The maximum absolute atomic E-state index is 8.90. The molecule has 1 saturated carbocycles. The van der Waals surface area contributed by atoms with E-state index in [1.807, 2.05) is 6.92 Å². The van der Waals surface area contributed by atoms with Gasteiger partial charge in [-0.05, 0) is 31.6 Å². The van der Waals surface area contributed by atoms with Gasteiger partial charge in [-0.15, -0.1) is 0 Å². The highest BCUT2D eigenvalue weighted by Gasteiger charge is 2.41. The van der Waals surface area contributed by atoms with Crippen molar-refractivity contribution in [3.05, 3.63) is 0 Å². The Morgan fingerprint density at radius 1 is 1.50 bits per heavy atom. The first-order valence-electron chi connectivity index (χ1n) is 4.01. The molecule has 1 aliphatic rings. The van der Waals surface area contributed by atoms with Crippen LogP contribution in [0.15, 0.2) is 0 Å². The topological polar surface area (TPSA) is 29.5 Å². The molecule has 2 nitrogen and oxygen atoms in total. The zero-order valence-corrected chi connectivity index (χ0v) is 6.60. The van der Waals surface area contributed by atoms with Crippen molar-refractivity contribution in [2.24, 2.45) is 5.41 Å². The maximum atomic E-state index is 8.90. The van der Waals surface area contributed by atoms with Gasteiger partial charge in [0.25, 0.3) is 0 Å².